The summed E-state index contributed by atoms with van der Waals surface area (Å²) in [7, 11) is 0. The molecule has 0 aromatic heterocycles. The number of ether oxygens (including phenoxy) is 1. The Morgan fingerprint density at radius 2 is 1.67 bits per heavy atom. The van der Waals surface area contributed by atoms with Crippen molar-refractivity contribution >= 4 is 29.2 Å². The Bertz CT molecular complexity index is 641. The van der Waals surface area contributed by atoms with Gasteiger partial charge in [-0.2, -0.15) is 0 Å². The molecule has 0 saturated carbocycles. The lowest BCUT2D eigenvalue weighted by Crippen LogP contribution is -2.20. The Morgan fingerprint density at radius 1 is 1.05 bits per heavy atom. The molecule has 4 nitrogen and oxygen atoms in total. The minimum atomic E-state index is -0.693. The van der Waals surface area contributed by atoms with Gasteiger partial charge in [-0.3, -0.25) is 4.79 Å². The summed E-state index contributed by atoms with van der Waals surface area (Å²) in [6.45, 7) is -0.432. The molecule has 21 heavy (non-hydrogen) atoms. The quantitative estimate of drug-likeness (QED) is 0.882. The van der Waals surface area contributed by atoms with E-state index in [4.69, 9.17) is 16.3 Å². The van der Waals surface area contributed by atoms with Gasteiger partial charge in [0.2, 0.25) is 0 Å². The Kier molecular flexibility index (Phi) is 4.90. The second-order valence-corrected chi connectivity index (χ2v) is 4.57. The van der Waals surface area contributed by atoms with Crippen LogP contribution in [0.25, 0.3) is 0 Å². The van der Waals surface area contributed by atoms with Crippen molar-refractivity contribution in [2.75, 3.05) is 11.9 Å². The first-order valence-electron chi connectivity index (χ1n) is 6.03. The van der Waals surface area contributed by atoms with Crippen LogP contribution in [0, 0.1) is 5.82 Å². The molecule has 0 aliphatic heterocycles. The topological polar surface area (TPSA) is 55.4 Å². The third-order valence-electron chi connectivity index (χ3n) is 2.54. The van der Waals surface area contributed by atoms with Gasteiger partial charge in [0.05, 0.1) is 5.56 Å². The predicted molar refractivity (Wildman–Crippen MR) is 76.8 cm³/mol. The molecule has 1 N–H and O–H groups in total. The molecule has 0 fully saturated rings. The standard InChI is InChI=1S/C15H11ClFNO3/c16-11-3-7-13(8-4-11)18-14(19)9-21-15(20)10-1-5-12(17)6-2-10/h1-8H,9H2,(H,18,19). The smallest absolute Gasteiger partial charge is 0.338 e. The molecule has 2 rings (SSSR count). The molecule has 0 aliphatic rings. The van der Waals surface area contributed by atoms with Gasteiger partial charge in [0, 0.05) is 10.7 Å². The van der Waals surface area contributed by atoms with Gasteiger partial charge in [-0.25, -0.2) is 9.18 Å². The summed E-state index contributed by atoms with van der Waals surface area (Å²) < 4.78 is 17.5. The summed E-state index contributed by atoms with van der Waals surface area (Å²) in [6.07, 6.45) is 0. The van der Waals surface area contributed by atoms with Crippen LogP contribution in [-0.4, -0.2) is 18.5 Å². The maximum Gasteiger partial charge on any atom is 0.338 e. The fraction of sp³-hybridized carbons (Fsp3) is 0.0667. The first-order valence-corrected chi connectivity index (χ1v) is 6.40. The van der Waals surface area contributed by atoms with Gasteiger partial charge in [-0.15, -0.1) is 0 Å². The monoisotopic (exact) mass is 307 g/mol. The number of rotatable bonds is 4. The van der Waals surface area contributed by atoms with Crippen LogP contribution in [0.3, 0.4) is 0 Å². The normalized spacial score (nSPS) is 10.0. The molecule has 0 bridgehead atoms. The average Bonchev–Trinajstić information content (AvgIpc) is 2.48. The van der Waals surface area contributed by atoms with E-state index < -0.39 is 24.3 Å². The predicted octanol–water partition coefficient (Wildman–Crippen LogP) is 3.27. The first kappa shape index (κ1) is 15.0. The number of benzene rings is 2. The van der Waals surface area contributed by atoms with Crippen LogP contribution in [0.15, 0.2) is 48.5 Å². The van der Waals surface area contributed by atoms with Gasteiger partial charge in [0.15, 0.2) is 6.61 Å². The van der Waals surface area contributed by atoms with Crippen molar-refractivity contribution in [2.24, 2.45) is 0 Å². The van der Waals surface area contributed by atoms with E-state index in [9.17, 15) is 14.0 Å². The Hall–Kier alpha value is -2.40. The van der Waals surface area contributed by atoms with E-state index in [2.05, 4.69) is 5.32 Å². The average molecular weight is 308 g/mol. The van der Waals surface area contributed by atoms with Gasteiger partial charge >= 0.3 is 5.97 Å². The van der Waals surface area contributed by atoms with Crippen LogP contribution < -0.4 is 5.32 Å². The van der Waals surface area contributed by atoms with Crippen molar-refractivity contribution in [1.29, 1.82) is 0 Å². The van der Waals surface area contributed by atoms with E-state index >= 15 is 0 Å². The third kappa shape index (κ3) is 4.57. The van der Waals surface area contributed by atoms with Crippen LogP contribution in [0.5, 0.6) is 0 Å². The van der Waals surface area contributed by atoms with Gasteiger partial charge in [-0.05, 0) is 48.5 Å². The number of hydrogen-bond donors (Lipinski definition) is 1. The summed E-state index contributed by atoms with van der Waals surface area (Å²) in [5.41, 5.74) is 0.720. The summed E-state index contributed by atoms with van der Waals surface area (Å²) in [5.74, 6) is -1.62. The Balaban J connectivity index is 1.84. The van der Waals surface area contributed by atoms with Crippen LogP contribution in [0.2, 0.25) is 5.02 Å². The van der Waals surface area contributed by atoms with Crippen molar-refractivity contribution in [3.05, 3.63) is 64.9 Å². The number of halogens is 2. The van der Waals surface area contributed by atoms with E-state index in [1.54, 1.807) is 24.3 Å². The molecule has 6 heteroatoms. The number of amides is 1. The highest BCUT2D eigenvalue weighted by molar-refractivity contribution is 6.30. The number of nitrogens with one attached hydrogen (secondary N) is 1. The van der Waals surface area contributed by atoms with Crippen LogP contribution >= 0.6 is 11.6 Å². The van der Waals surface area contributed by atoms with Crippen molar-refractivity contribution in [2.45, 2.75) is 0 Å². The van der Waals surface area contributed by atoms with Crippen LogP contribution in [-0.2, 0) is 9.53 Å². The van der Waals surface area contributed by atoms with E-state index in [0.29, 0.717) is 10.7 Å². The second-order valence-electron chi connectivity index (χ2n) is 4.14. The zero-order valence-corrected chi connectivity index (χ0v) is 11.6. The fourth-order valence-corrected chi connectivity index (χ4v) is 1.66. The van der Waals surface area contributed by atoms with Crippen LogP contribution in [0.4, 0.5) is 10.1 Å². The summed E-state index contributed by atoms with van der Waals surface area (Å²) in [4.78, 5) is 23.2. The van der Waals surface area contributed by atoms with Crippen molar-refractivity contribution in [3.8, 4) is 0 Å². The molecule has 2 aromatic rings. The zero-order chi connectivity index (χ0) is 15.2. The minimum Gasteiger partial charge on any atom is -0.452 e. The van der Waals surface area contributed by atoms with Crippen molar-refractivity contribution in [1.82, 2.24) is 0 Å². The fourth-order valence-electron chi connectivity index (χ4n) is 1.53. The van der Waals surface area contributed by atoms with Gasteiger partial charge in [0.25, 0.3) is 5.91 Å². The maximum atomic E-state index is 12.7. The van der Waals surface area contributed by atoms with E-state index in [1.807, 2.05) is 0 Å². The second kappa shape index (κ2) is 6.85. The molecule has 0 aliphatic carbocycles. The van der Waals surface area contributed by atoms with E-state index in [1.165, 1.54) is 12.1 Å². The zero-order valence-electron chi connectivity index (χ0n) is 10.8. The lowest BCUT2D eigenvalue weighted by atomic mass is 10.2. The van der Waals surface area contributed by atoms with Gasteiger partial charge < -0.3 is 10.1 Å². The molecule has 2 aromatic carbocycles. The molecule has 0 saturated heterocycles. The SMILES string of the molecule is O=C(COC(=O)c1ccc(F)cc1)Nc1ccc(Cl)cc1. The van der Waals surface area contributed by atoms with E-state index in [0.717, 1.165) is 12.1 Å². The lowest BCUT2D eigenvalue weighted by molar-refractivity contribution is -0.119. The van der Waals surface area contributed by atoms with Crippen molar-refractivity contribution in [3.63, 3.8) is 0 Å². The Labute approximate surface area is 125 Å². The molecule has 0 spiro atoms. The molecule has 0 heterocycles. The Morgan fingerprint density at radius 3 is 2.29 bits per heavy atom. The minimum absolute atomic E-state index is 0.177. The van der Waals surface area contributed by atoms with Crippen LogP contribution in [0.1, 0.15) is 10.4 Å². The number of esters is 1. The largest absolute Gasteiger partial charge is 0.452 e. The van der Waals surface area contributed by atoms with Crippen molar-refractivity contribution < 1.29 is 18.7 Å². The molecule has 1 amide bonds. The van der Waals surface area contributed by atoms with Gasteiger partial charge in [0.1, 0.15) is 5.82 Å². The molecule has 0 radical (unpaired) electrons. The molecular weight excluding hydrogens is 297 g/mol. The van der Waals surface area contributed by atoms with Gasteiger partial charge in [-0.1, -0.05) is 11.6 Å². The summed E-state index contributed by atoms with van der Waals surface area (Å²) in [5, 5.41) is 3.10. The van der Waals surface area contributed by atoms with E-state index in [-0.39, 0.29) is 5.56 Å². The summed E-state index contributed by atoms with van der Waals surface area (Å²) in [6, 6.07) is 11.4. The molecule has 0 atom stereocenters. The maximum absolute atomic E-state index is 12.7. The number of hydrogen-bond acceptors (Lipinski definition) is 3. The highest BCUT2D eigenvalue weighted by atomic mass is 35.5. The lowest BCUT2D eigenvalue weighted by Gasteiger charge is -2.06. The molecular formula is C15H11ClFNO3. The summed E-state index contributed by atoms with van der Waals surface area (Å²) >= 11 is 5.72. The number of anilines is 1. The molecule has 0 unspecified atom stereocenters. The highest BCUT2D eigenvalue weighted by Crippen LogP contribution is 2.13. The number of carbonyl (C=O) groups is 2. The number of carbonyl (C=O) groups excluding carboxylic acids is 2. The first-order chi connectivity index (χ1) is 10.0. The highest BCUT2D eigenvalue weighted by Gasteiger charge is 2.10. The molecule has 108 valence electrons. The third-order valence-corrected chi connectivity index (χ3v) is 2.79.